The maximum absolute atomic E-state index is 11.3. The third kappa shape index (κ3) is 4.59. The molecule has 0 unspecified atom stereocenters. The van der Waals surface area contributed by atoms with E-state index in [0.717, 1.165) is 13.0 Å². The highest BCUT2D eigenvalue weighted by molar-refractivity contribution is 7.99. The first-order valence-electron chi connectivity index (χ1n) is 6.71. The number of nitrogens with zero attached hydrogens (tertiary/aromatic N) is 1. The molecule has 0 saturated carbocycles. The molecule has 112 valence electrons. The van der Waals surface area contributed by atoms with Crippen LogP contribution in [0.4, 0.5) is 17.1 Å². The SMILES string of the molecule is CCCNc1cccc(NCC(C)(C)SC)c1[N+](=O)[O-]. The van der Waals surface area contributed by atoms with Crippen molar-refractivity contribution in [3.05, 3.63) is 28.3 Å². The highest BCUT2D eigenvalue weighted by Gasteiger charge is 2.22. The van der Waals surface area contributed by atoms with Crippen molar-refractivity contribution in [2.75, 3.05) is 30.0 Å². The summed E-state index contributed by atoms with van der Waals surface area (Å²) in [6.07, 6.45) is 2.96. The summed E-state index contributed by atoms with van der Waals surface area (Å²) in [6, 6.07) is 5.34. The Bertz CT molecular complexity index is 464. The van der Waals surface area contributed by atoms with E-state index in [1.54, 1.807) is 23.9 Å². The summed E-state index contributed by atoms with van der Waals surface area (Å²) in [6.45, 7) is 7.64. The highest BCUT2D eigenvalue weighted by atomic mass is 32.2. The van der Waals surface area contributed by atoms with E-state index in [0.29, 0.717) is 17.9 Å². The number of para-hydroxylation sites is 1. The first-order valence-corrected chi connectivity index (χ1v) is 7.94. The quantitative estimate of drug-likeness (QED) is 0.561. The standard InChI is InChI=1S/C14H23N3O2S/c1-5-9-15-11-7-6-8-12(13(11)17(18)19)16-10-14(2,3)20-4/h6-8,15-16H,5,9-10H2,1-4H3. The van der Waals surface area contributed by atoms with Gasteiger partial charge in [0.15, 0.2) is 0 Å². The summed E-state index contributed by atoms with van der Waals surface area (Å²) in [4.78, 5) is 11.0. The van der Waals surface area contributed by atoms with E-state index in [1.807, 2.05) is 19.2 Å². The highest BCUT2D eigenvalue weighted by Crippen LogP contribution is 2.33. The van der Waals surface area contributed by atoms with Gasteiger partial charge in [0, 0.05) is 17.8 Å². The number of hydrogen-bond acceptors (Lipinski definition) is 5. The average Bonchev–Trinajstić information content (AvgIpc) is 2.42. The molecular weight excluding hydrogens is 274 g/mol. The molecule has 2 N–H and O–H groups in total. The van der Waals surface area contributed by atoms with Crippen molar-refractivity contribution in [3.63, 3.8) is 0 Å². The number of nitro groups is 1. The molecule has 0 atom stereocenters. The Kier molecular flexibility index (Phi) is 6.13. The van der Waals surface area contributed by atoms with E-state index in [4.69, 9.17) is 0 Å². The number of hydrogen-bond donors (Lipinski definition) is 2. The van der Waals surface area contributed by atoms with Crippen LogP contribution in [0.1, 0.15) is 27.2 Å². The second-order valence-corrected chi connectivity index (χ2v) is 6.72. The van der Waals surface area contributed by atoms with Crippen LogP contribution < -0.4 is 10.6 Å². The molecule has 0 amide bonds. The topological polar surface area (TPSA) is 67.2 Å². The van der Waals surface area contributed by atoms with Gasteiger partial charge in [-0.25, -0.2) is 0 Å². The maximum Gasteiger partial charge on any atom is 0.315 e. The Labute approximate surface area is 124 Å². The summed E-state index contributed by atoms with van der Waals surface area (Å²) in [5, 5.41) is 17.6. The molecule has 0 bridgehead atoms. The fourth-order valence-corrected chi connectivity index (χ4v) is 1.88. The normalized spacial score (nSPS) is 11.2. The minimum absolute atomic E-state index is 0.0285. The summed E-state index contributed by atoms with van der Waals surface area (Å²) < 4.78 is 0.0285. The number of thioether (sulfide) groups is 1. The summed E-state index contributed by atoms with van der Waals surface area (Å²) >= 11 is 1.73. The minimum Gasteiger partial charge on any atom is -0.379 e. The predicted molar refractivity (Wildman–Crippen MR) is 88.0 cm³/mol. The maximum atomic E-state index is 11.3. The lowest BCUT2D eigenvalue weighted by Gasteiger charge is -2.23. The van der Waals surface area contributed by atoms with E-state index in [-0.39, 0.29) is 15.4 Å². The van der Waals surface area contributed by atoms with Gasteiger partial charge in [-0.05, 0) is 38.7 Å². The first kappa shape index (κ1) is 16.6. The van der Waals surface area contributed by atoms with Gasteiger partial charge in [0.1, 0.15) is 11.4 Å². The third-order valence-corrected chi connectivity index (χ3v) is 4.29. The second kappa shape index (κ2) is 7.38. The number of nitrogens with one attached hydrogen (secondary N) is 2. The van der Waals surface area contributed by atoms with Crippen molar-refractivity contribution < 1.29 is 4.92 Å². The average molecular weight is 297 g/mol. The summed E-state index contributed by atoms with van der Waals surface area (Å²) in [7, 11) is 0. The zero-order chi connectivity index (χ0) is 15.2. The lowest BCUT2D eigenvalue weighted by Crippen LogP contribution is -2.26. The molecule has 1 aromatic carbocycles. The van der Waals surface area contributed by atoms with Gasteiger partial charge >= 0.3 is 5.69 Å². The number of benzene rings is 1. The molecule has 0 aromatic heterocycles. The summed E-state index contributed by atoms with van der Waals surface area (Å²) in [5.41, 5.74) is 1.26. The van der Waals surface area contributed by atoms with E-state index in [1.165, 1.54) is 0 Å². The Morgan fingerprint density at radius 3 is 2.40 bits per heavy atom. The Hall–Kier alpha value is -1.43. The van der Waals surface area contributed by atoms with Gasteiger partial charge in [-0.15, -0.1) is 0 Å². The fourth-order valence-electron chi connectivity index (χ4n) is 1.67. The number of rotatable bonds is 8. The Morgan fingerprint density at radius 2 is 1.90 bits per heavy atom. The fraction of sp³-hybridized carbons (Fsp3) is 0.571. The molecule has 1 aromatic rings. The first-order chi connectivity index (χ1) is 9.41. The number of anilines is 2. The van der Waals surface area contributed by atoms with E-state index < -0.39 is 0 Å². The van der Waals surface area contributed by atoms with Crippen molar-refractivity contribution >= 4 is 28.8 Å². The van der Waals surface area contributed by atoms with Crippen molar-refractivity contribution in [3.8, 4) is 0 Å². The molecule has 6 heteroatoms. The molecule has 0 radical (unpaired) electrons. The van der Waals surface area contributed by atoms with Gasteiger partial charge in [-0.1, -0.05) is 13.0 Å². The van der Waals surface area contributed by atoms with Gasteiger partial charge in [0.05, 0.1) is 4.92 Å². The van der Waals surface area contributed by atoms with Crippen molar-refractivity contribution in [1.29, 1.82) is 0 Å². The molecule has 1 rings (SSSR count). The molecule has 0 aliphatic carbocycles. The van der Waals surface area contributed by atoms with Crippen LogP contribution in [0.2, 0.25) is 0 Å². The molecule has 0 aliphatic heterocycles. The molecule has 20 heavy (non-hydrogen) atoms. The zero-order valence-corrected chi connectivity index (χ0v) is 13.3. The molecular formula is C14H23N3O2S. The van der Waals surface area contributed by atoms with E-state index in [2.05, 4.69) is 24.5 Å². The second-order valence-electron chi connectivity index (χ2n) is 5.20. The monoisotopic (exact) mass is 297 g/mol. The van der Waals surface area contributed by atoms with Crippen LogP contribution >= 0.6 is 11.8 Å². The van der Waals surface area contributed by atoms with Crippen molar-refractivity contribution in [2.45, 2.75) is 31.9 Å². The van der Waals surface area contributed by atoms with Crippen LogP contribution in [0.15, 0.2) is 18.2 Å². The molecule has 5 nitrogen and oxygen atoms in total. The molecule has 0 fully saturated rings. The molecule has 0 heterocycles. The van der Waals surface area contributed by atoms with Crippen LogP contribution in [-0.2, 0) is 0 Å². The lowest BCUT2D eigenvalue weighted by atomic mass is 10.2. The van der Waals surface area contributed by atoms with E-state index >= 15 is 0 Å². The van der Waals surface area contributed by atoms with Gasteiger partial charge in [0.2, 0.25) is 0 Å². The smallest absolute Gasteiger partial charge is 0.315 e. The largest absolute Gasteiger partial charge is 0.379 e. The van der Waals surface area contributed by atoms with E-state index in [9.17, 15) is 10.1 Å². The van der Waals surface area contributed by atoms with Gasteiger partial charge < -0.3 is 10.6 Å². The molecule has 0 spiro atoms. The minimum atomic E-state index is -0.327. The van der Waals surface area contributed by atoms with Crippen LogP contribution in [0.3, 0.4) is 0 Å². The van der Waals surface area contributed by atoms with Crippen LogP contribution in [0.5, 0.6) is 0 Å². The lowest BCUT2D eigenvalue weighted by molar-refractivity contribution is -0.383. The number of nitro benzene ring substituents is 1. The van der Waals surface area contributed by atoms with Gasteiger partial charge in [-0.2, -0.15) is 11.8 Å². The van der Waals surface area contributed by atoms with Gasteiger partial charge in [-0.3, -0.25) is 10.1 Å². The van der Waals surface area contributed by atoms with Crippen molar-refractivity contribution in [1.82, 2.24) is 0 Å². The molecule has 0 saturated heterocycles. The van der Waals surface area contributed by atoms with Crippen LogP contribution in [0.25, 0.3) is 0 Å². The predicted octanol–water partition coefficient (Wildman–Crippen LogP) is 3.97. The Morgan fingerprint density at radius 1 is 1.30 bits per heavy atom. The van der Waals surface area contributed by atoms with Crippen molar-refractivity contribution in [2.24, 2.45) is 0 Å². The summed E-state index contributed by atoms with van der Waals surface area (Å²) in [5.74, 6) is 0. The third-order valence-electron chi connectivity index (χ3n) is 3.04. The van der Waals surface area contributed by atoms with Crippen LogP contribution in [0, 0.1) is 10.1 Å². The Balaban J connectivity index is 2.97. The van der Waals surface area contributed by atoms with Gasteiger partial charge in [0.25, 0.3) is 0 Å². The van der Waals surface area contributed by atoms with Crippen LogP contribution in [-0.4, -0.2) is 29.0 Å². The zero-order valence-electron chi connectivity index (χ0n) is 12.5. The molecule has 0 aliphatic rings.